The van der Waals surface area contributed by atoms with E-state index in [4.69, 9.17) is 25.8 Å². The maximum absolute atomic E-state index is 12.0. The Labute approximate surface area is 163 Å². The SMILES string of the molecule is COc1ccc(CC(=O)OCC(=O)N[C@H](C)c2cccc(Cl)c2)cc1OC. The van der Waals surface area contributed by atoms with Gasteiger partial charge >= 0.3 is 5.97 Å². The highest BCUT2D eigenvalue weighted by atomic mass is 35.5. The van der Waals surface area contributed by atoms with Gasteiger partial charge in [-0.15, -0.1) is 0 Å². The van der Waals surface area contributed by atoms with Gasteiger partial charge in [0.25, 0.3) is 5.91 Å². The minimum atomic E-state index is -0.507. The maximum Gasteiger partial charge on any atom is 0.310 e. The second-order valence-electron chi connectivity index (χ2n) is 5.87. The van der Waals surface area contributed by atoms with Gasteiger partial charge in [-0.05, 0) is 42.3 Å². The predicted octanol–water partition coefficient (Wildman–Crippen LogP) is 3.32. The Morgan fingerprint density at radius 1 is 1.07 bits per heavy atom. The summed E-state index contributed by atoms with van der Waals surface area (Å²) in [5.41, 5.74) is 1.57. The van der Waals surface area contributed by atoms with Crippen LogP contribution in [-0.4, -0.2) is 32.7 Å². The zero-order valence-corrected chi connectivity index (χ0v) is 16.2. The van der Waals surface area contributed by atoms with Crippen LogP contribution in [0.4, 0.5) is 0 Å². The van der Waals surface area contributed by atoms with Crippen molar-refractivity contribution in [1.82, 2.24) is 5.32 Å². The molecular weight excluding hydrogens is 370 g/mol. The molecule has 0 aliphatic carbocycles. The smallest absolute Gasteiger partial charge is 0.310 e. The van der Waals surface area contributed by atoms with Gasteiger partial charge in [-0.3, -0.25) is 9.59 Å². The number of amides is 1. The molecule has 0 aliphatic heterocycles. The summed E-state index contributed by atoms with van der Waals surface area (Å²) in [6.07, 6.45) is 0.0253. The molecule has 1 atom stereocenters. The molecule has 0 fully saturated rings. The number of halogens is 1. The average molecular weight is 392 g/mol. The van der Waals surface area contributed by atoms with E-state index in [1.165, 1.54) is 14.2 Å². The monoisotopic (exact) mass is 391 g/mol. The molecule has 27 heavy (non-hydrogen) atoms. The summed E-state index contributed by atoms with van der Waals surface area (Å²) in [6, 6.07) is 12.1. The number of ether oxygens (including phenoxy) is 3. The third-order valence-electron chi connectivity index (χ3n) is 3.89. The first kappa shape index (κ1) is 20.6. The Hall–Kier alpha value is -2.73. The van der Waals surface area contributed by atoms with Crippen LogP contribution in [0, 0.1) is 0 Å². The van der Waals surface area contributed by atoms with Crippen molar-refractivity contribution in [3.8, 4) is 11.5 Å². The number of nitrogens with one attached hydrogen (secondary N) is 1. The van der Waals surface area contributed by atoms with Crippen molar-refractivity contribution < 1.29 is 23.8 Å². The van der Waals surface area contributed by atoms with Gasteiger partial charge in [-0.25, -0.2) is 0 Å². The molecule has 0 aliphatic rings. The van der Waals surface area contributed by atoms with Crippen molar-refractivity contribution in [1.29, 1.82) is 0 Å². The Balaban J connectivity index is 1.83. The summed E-state index contributed by atoms with van der Waals surface area (Å²) < 4.78 is 15.4. The van der Waals surface area contributed by atoms with Crippen molar-refractivity contribution in [3.05, 3.63) is 58.6 Å². The van der Waals surface area contributed by atoms with Crippen LogP contribution in [0.1, 0.15) is 24.1 Å². The second kappa shape index (κ2) is 9.83. The van der Waals surface area contributed by atoms with E-state index in [1.54, 1.807) is 30.3 Å². The van der Waals surface area contributed by atoms with E-state index in [2.05, 4.69) is 5.32 Å². The minimum Gasteiger partial charge on any atom is -0.493 e. The number of hydrogen-bond acceptors (Lipinski definition) is 5. The number of esters is 1. The molecule has 6 nitrogen and oxygen atoms in total. The van der Waals surface area contributed by atoms with Crippen molar-refractivity contribution in [3.63, 3.8) is 0 Å². The van der Waals surface area contributed by atoms with Gasteiger partial charge in [0.1, 0.15) is 0 Å². The fourth-order valence-electron chi connectivity index (χ4n) is 2.50. The van der Waals surface area contributed by atoms with Crippen LogP contribution in [0.3, 0.4) is 0 Å². The number of carbonyl (C=O) groups is 2. The number of carbonyl (C=O) groups excluding carboxylic acids is 2. The first-order valence-corrected chi connectivity index (χ1v) is 8.72. The highest BCUT2D eigenvalue weighted by Gasteiger charge is 2.13. The first-order chi connectivity index (χ1) is 12.9. The summed E-state index contributed by atoms with van der Waals surface area (Å²) in [5.74, 6) is 0.204. The minimum absolute atomic E-state index is 0.0253. The zero-order chi connectivity index (χ0) is 19.8. The molecule has 0 radical (unpaired) electrons. The van der Waals surface area contributed by atoms with E-state index in [9.17, 15) is 9.59 Å². The molecule has 1 N–H and O–H groups in total. The molecule has 0 saturated carbocycles. The van der Waals surface area contributed by atoms with Gasteiger partial charge < -0.3 is 19.5 Å². The van der Waals surface area contributed by atoms with Crippen LogP contribution in [0.5, 0.6) is 11.5 Å². The standard InChI is InChI=1S/C20H22ClNO5/c1-13(15-5-4-6-16(21)11-15)22-19(23)12-27-20(24)10-14-7-8-17(25-2)18(9-14)26-3/h4-9,11,13H,10,12H2,1-3H3,(H,22,23)/t13-/m1/s1. The quantitative estimate of drug-likeness (QED) is 0.699. The molecule has 0 spiro atoms. The van der Waals surface area contributed by atoms with Crippen molar-refractivity contribution in [2.45, 2.75) is 19.4 Å². The summed E-state index contributed by atoms with van der Waals surface area (Å²) in [6.45, 7) is 1.48. The van der Waals surface area contributed by atoms with Crippen LogP contribution >= 0.6 is 11.6 Å². The van der Waals surface area contributed by atoms with Crippen LogP contribution < -0.4 is 14.8 Å². The fourth-order valence-corrected chi connectivity index (χ4v) is 2.70. The lowest BCUT2D eigenvalue weighted by Crippen LogP contribution is -2.31. The Bertz CT molecular complexity index is 809. The van der Waals surface area contributed by atoms with Crippen LogP contribution in [-0.2, 0) is 20.7 Å². The molecule has 0 heterocycles. The lowest BCUT2D eigenvalue weighted by atomic mass is 10.1. The average Bonchev–Trinajstić information content (AvgIpc) is 2.66. The van der Waals surface area contributed by atoms with Crippen LogP contribution in [0.2, 0.25) is 5.02 Å². The second-order valence-corrected chi connectivity index (χ2v) is 6.31. The van der Waals surface area contributed by atoms with E-state index in [1.807, 2.05) is 19.1 Å². The summed E-state index contributed by atoms with van der Waals surface area (Å²) in [4.78, 5) is 24.0. The molecule has 2 aromatic carbocycles. The van der Waals surface area contributed by atoms with Crippen molar-refractivity contribution in [2.75, 3.05) is 20.8 Å². The Morgan fingerprint density at radius 3 is 2.48 bits per heavy atom. The maximum atomic E-state index is 12.0. The molecule has 0 saturated heterocycles. The van der Waals surface area contributed by atoms with Gasteiger partial charge in [0, 0.05) is 5.02 Å². The highest BCUT2D eigenvalue weighted by molar-refractivity contribution is 6.30. The molecule has 0 aromatic heterocycles. The lowest BCUT2D eigenvalue weighted by molar-refractivity contribution is -0.148. The predicted molar refractivity (Wildman–Crippen MR) is 102 cm³/mol. The Kier molecular flexibility index (Phi) is 7.49. The molecule has 0 bridgehead atoms. The van der Waals surface area contributed by atoms with E-state index >= 15 is 0 Å². The van der Waals surface area contributed by atoms with Crippen LogP contribution in [0.25, 0.3) is 0 Å². The van der Waals surface area contributed by atoms with E-state index in [-0.39, 0.29) is 25.0 Å². The normalized spacial score (nSPS) is 11.4. The number of methoxy groups -OCH3 is 2. The molecule has 1 amide bonds. The van der Waals surface area contributed by atoms with Gasteiger partial charge in [-0.1, -0.05) is 29.8 Å². The van der Waals surface area contributed by atoms with Gasteiger partial charge in [0.15, 0.2) is 18.1 Å². The summed E-state index contributed by atoms with van der Waals surface area (Å²) in [5, 5.41) is 3.36. The number of rotatable bonds is 8. The first-order valence-electron chi connectivity index (χ1n) is 8.34. The summed E-state index contributed by atoms with van der Waals surface area (Å²) in [7, 11) is 3.06. The number of benzene rings is 2. The largest absolute Gasteiger partial charge is 0.493 e. The molecule has 2 aromatic rings. The van der Waals surface area contributed by atoms with Crippen molar-refractivity contribution in [2.24, 2.45) is 0 Å². The summed E-state index contributed by atoms with van der Waals surface area (Å²) >= 11 is 5.95. The molecule has 2 rings (SSSR count). The molecule has 144 valence electrons. The van der Waals surface area contributed by atoms with Crippen molar-refractivity contribution >= 4 is 23.5 Å². The van der Waals surface area contributed by atoms with Gasteiger partial charge in [0.2, 0.25) is 0 Å². The van der Waals surface area contributed by atoms with Gasteiger partial charge in [0.05, 0.1) is 26.7 Å². The molecular formula is C20H22ClNO5. The Morgan fingerprint density at radius 2 is 1.81 bits per heavy atom. The van der Waals surface area contributed by atoms with Crippen LogP contribution in [0.15, 0.2) is 42.5 Å². The topological polar surface area (TPSA) is 73.9 Å². The van der Waals surface area contributed by atoms with E-state index in [0.717, 1.165) is 5.56 Å². The van der Waals surface area contributed by atoms with E-state index < -0.39 is 5.97 Å². The molecule has 0 unspecified atom stereocenters. The van der Waals surface area contributed by atoms with E-state index in [0.29, 0.717) is 22.1 Å². The lowest BCUT2D eigenvalue weighted by Gasteiger charge is -2.15. The third-order valence-corrected chi connectivity index (χ3v) is 4.12. The van der Waals surface area contributed by atoms with Gasteiger partial charge in [-0.2, -0.15) is 0 Å². The fraction of sp³-hybridized carbons (Fsp3) is 0.300. The zero-order valence-electron chi connectivity index (χ0n) is 15.5. The third kappa shape index (κ3) is 6.18. The number of hydrogen-bond donors (Lipinski definition) is 1. The highest BCUT2D eigenvalue weighted by Crippen LogP contribution is 2.27. The molecule has 7 heteroatoms.